The van der Waals surface area contributed by atoms with Crippen LogP contribution in [0.15, 0.2) is 12.3 Å². The second-order valence-electron chi connectivity index (χ2n) is 5.87. The van der Waals surface area contributed by atoms with E-state index in [1.807, 2.05) is 0 Å². The summed E-state index contributed by atoms with van der Waals surface area (Å²) in [4.78, 5) is 0. The zero-order valence-corrected chi connectivity index (χ0v) is 12.6. The van der Waals surface area contributed by atoms with Crippen molar-refractivity contribution < 1.29 is 0 Å². The molecule has 0 aromatic carbocycles. The van der Waals surface area contributed by atoms with Crippen LogP contribution in [0.25, 0.3) is 0 Å². The molecule has 1 saturated carbocycles. The molecule has 1 N–H and O–H groups in total. The van der Waals surface area contributed by atoms with Crippen molar-refractivity contribution in [3.63, 3.8) is 0 Å². The van der Waals surface area contributed by atoms with Gasteiger partial charge in [0.05, 0.1) is 11.7 Å². The molecule has 0 unspecified atom stereocenters. The molecular weight excluding hydrogens is 234 g/mol. The van der Waals surface area contributed by atoms with Crippen LogP contribution in [0.3, 0.4) is 0 Å². The van der Waals surface area contributed by atoms with Crippen molar-refractivity contribution in [2.75, 3.05) is 6.54 Å². The lowest BCUT2D eigenvalue weighted by Gasteiger charge is -2.12. The molecule has 0 amide bonds. The molecule has 0 saturated heterocycles. The van der Waals surface area contributed by atoms with E-state index in [0.29, 0.717) is 6.04 Å². The molecule has 1 aromatic rings. The second-order valence-corrected chi connectivity index (χ2v) is 5.87. The van der Waals surface area contributed by atoms with E-state index in [0.717, 1.165) is 31.8 Å². The molecule has 3 nitrogen and oxygen atoms in total. The Kier molecular flexibility index (Phi) is 5.90. The second kappa shape index (κ2) is 7.68. The molecule has 1 aromatic heterocycles. The maximum absolute atomic E-state index is 4.68. The van der Waals surface area contributed by atoms with Gasteiger partial charge in [-0.2, -0.15) is 5.10 Å². The number of hydrogen-bond acceptors (Lipinski definition) is 2. The van der Waals surface area contributed by atoms with E-state index in [9.17, 15) is 0 Å². The van der Waals surface area contributed by atoms with Crippen LogP contribution in [0, 0.1) is 5.92 Å². The maximum atomic E-state index is 4.68. The third kappa shape index (κ3) is 4.34. The molecule has 2 rings (SSSR count). The monoisotopic (exact) mass is 263 g/mol. The van der Waals surface area contributed by atoms with Crippen LogP contribution in [0.4, 0.5) is 0 Å². The normalized spacial score (nSPS) is 16.6. The van der Waals surface area contributed by atoms with E-state index >= 15 is 0 Å². The highest BCUT2D eigenvalue weighted by molar-refractivity contribution is 4.99. The Morgan fingerprint density at radius 1 is 1.32 bits per heavy atom. The molecule has 0 aliphatic heterocycles. The van der Waals surface area contributed by atoms with Gasteiger partial charge in [0.2, 0.25) is 0 Å². The van der Waals surface area contributed by atoms with E-state index < -0.39 is 0 Å². The molecule has 3 heteroatoms. The van der Waals surface area contributed by atoms with E-state index in [-0.39, 0.29) is 0 Å². The zero-order valence-electron chi connectivity index (χ0n) is 12.6. The quantitative estimate of drug-likeness (QED) is 0.721. The number of aromatic nitrogens is 2. The first-order chi connectivity index (χ1) is 9.33. The topological polar surface area (TPSA) is 29.9 Å². The molecule has 1 fully saturated rings. The van der Waals surface area contributed by atoms with Crippen molar-refractivity contribution in [2.24, 2.45) is 5.92 Å². The minimum Gasteiger partial charge on any atom is -0.311 e. The first kappa shape index (κ1) is 14.6. The third-order valence-corrected chi connectivity index (χ3v) is 4.49. The van der Waals surface area contributed by atoms with Crippen molar-refractivity contribution in [2.45, 2.75) is 71.4 Å². The lowest BCUT2D eigenvalue weighted by atomic mass is 10.0. The van der Waals surface area contributed by atoms with Crippen molar-refractivity contribution in [1.82, 2.24) is 15.1 Å². The summed E-state index contributed by atoms with van der Waals surface area (Å²) >= 11 is 0. The Labute approximate surface area is 117 Å². The fraction of sp³-hybridized carbons (Fsp3) is 0.812. The molecule has 0 bridgehead atoms. The molecule has 108 valence electrons. The predicted octanol–water partition coefficient (Wildman–Crippen LogP) is 3.91. The van der Waals surface area contributed by atoms with Gasteiger partial charge in [-0.1, -0.05) is 39.5 Å². The smallest absolute Gasteiger partial charge is 0.0762 e. The Morgan fingerprint density at radius 3 is 2.74 bits per heavy atom. The minimum absolute atomic E-state index is 0.562. The number of rotatable bonds is 8. The lowest BCUT2D eigenvalue weighted by Crippen LogP contribution is -2.18. The van der Waals surface area contributed by atoms with Crippen LogP contribution in [-0.4, -0.2) is 16.3 Å². The first-order valence-corrected chi connectivity index (χ1v) is 8.08. The molecule has 1 heterocycles. The Bertz CT molecular complexity index is 349. The average molecular weight is 263 g/mol. The summed E-state index contributed by atoms with van der Waals surface area (Å²) in [6.07, 6.45) is 11.6. The van der Waals surface area contributed by atoms with E-state index in [1.165, 1.54) is 37.8 Å². The van der Waals surface area contributed by atoms with Crippen LogP contribution >= 0.6 is 0 Å². The van der Waals surface area contributed by atoms with Crippen molar-refractivity contribution in [3.05, 3.63) is 18.0 Å². The van der Waals surface area contributed by atoms with Gasteiger partial charge in [-0.15, -0.1) is 0 Å². The van der Waals surface area contributed by atoms with Crippen LogP contribution in [0.2, 0.25) is 0 Å². The summed E-state index contributed by atoms with van der Waals surface area (Å²) < 4.78 is 2.13. The summed E-state index contributed by atoms with van der Waals surface area (Å²) in [6.45, 7) is 6.52. The minimum atomic E-state index is 0.562. The molecule has 0 atom stereocenters. The number of nitrogens with one attached hydrogen (secondary N) is 1. The van der Waals surface area contributed by atoms with Crippen LogP contribution in [0.1, 0.15) is 70.5 Å². The van der Waals surface area contributed by atoms with Gasteiger partial charge in [-0.25, -0.2) is 0 Å². The molecule has 0 spiro atoms. The summed E-state index contributed by atoms with van der Waals surface area (Å²) in [7, 11) is 0. The van der Waals surface area contributed by atoms with Gasteiger partial charge in [-0.05, 0) is 37.8 Å². The van der Waals surface area contributed by atoms with Gasteiger partial charge in [0.25, 0.3) is 0 Å². The van der Waals surface area contributed by atoms with Crippen molar-refractivity contribution in [3.8, 4) is 0 Å². The summed E-state index contributed by atoms with van der Waals surface area (Å²) in [5, 5.41) is 8.22. The highest BCUT2D eigenvalue weighted by Gasteiger charge is 2.14. The van der Waals surface area contributed by atoms with Gasteiger partial charge in [-0.3, -0.25) is 4.68 Å². The molecular formula is C16H29N3. The van der Waals surface area contributed by atoms with E-state index in [4.69, 9.17) is 0 Å². The highest BCUT2D eigenvalue weighted by Crippen LogP contribution is 2.26. The highest BCUT2D eigenvalue weighted by atomic mass is 15.3. The summed E-state index contributed by atoms with van der Waals surface area (Å²) in [5.74, 6) is 0.981. The molecule has 0 radical (unpaired) electrons. The van der Waals surface area contributed by atoms with Crippen LogP contribution < -0.4 is 5.32 Å². The van der Waals surface area contributed by atoms with Crippen LogP contribution in [-0.2, 0) is 6.54 Å². The zero-order chi connectivity index (χ0) is 13.5. The summed E-state index contributed by atoms with van der Waals surface area (Å²) in [6, 6.07) is 2.72. The van der Waals surface area contributed by atoms with Gasteiger partial charge >= 0.3 is 0 Å². The number of hydrogen-bond donors (Lipinski definition) is 1. The van der Waals surface area contributed by atoms with Gasteiger partial charge in [0, 0.05) is 12.7 Å². The van der Waals surface area contributed by atoms with E-state index in [2.05, 4.69) is 41.2 Å². The van der Waals surface area contributed by atoms with Gasteiger partial charge in [0.1, 0.15) is 0 Å². The Hall–Kier alpha value is -0.830. The predicted molar refractivity (Wildman–Crippen MR) is 80.1 cm³/mol. The van der Waals surface area contributed by atoms with Gasteiger partial charge < -0.3 is 5.32 Å². The van der Waals surface area contributed by atoms with Crippen molar-refractivity contribution >= 4 is 0 Å². The maximum Gasteiger partial charge on any atom is 0.0762 e. The fourth-order valence-corrected chi connectivity index (χ4v) is 3.16. The van der Waals surface area contributed by atoms with E-state index in [1.54, 1.807) is 0 Å². The van der Waals surface area contributed by atoms with Gasteiger partial charge in [0.15, 0.2) is 0 Å². The molecule has 1 aliphatic carbocycles. The largest absolute Gasteiger partial charge is 0.311 e. The standard InChI is InChI=1S/C16H29N3/c1-3-16(4-2)19-12-10-15(18-19)13-17-11-9-14-7-5-6-8-14/h10,12,14,16-17H,3-9,11,13H2,1-2H3. The Balaban J connectivity index is 1.68. The molecule has 1 aliphatic rings. The number of nitrogens with zero attached hydrogens (tertiary/aromatic N) is 2. The van der Waals surface area contributed by atoms with Crippen LogP contribution in [0.5, 0.6) is 0 Å². The lowest BCUT2D eigenvalue weighted by molar-refractivity contribution is 0.422. The first-order valence-electron chi connectivity index (χ1n) is 8.08. The van der Waals surface area contributed by atoms with Crippen molar-refractivity contribution in [1.29, 1.82) is 0 Å². The summed E-state index contributed by atoms with van der Waals surface area (Å²) in [5.41, 5.74) is 1.18. The Morgan fingerprint density at radius 2 is 2.05 bits per heavy atom. The fourth-order valence-electron chi connectivity index (χ4n) is 3.16. The molecule has 19 heavy (non-hydrogen) atoms. The average Bonchev–Trinajstić information content (AvgIpc) is 3.08. The third-order valence-electron chi connectivity index (χ3n) is 4.49. The SMILES string of the molecule is CCC(CC)n1ccc(CNCCC2CCCC2)n1.